The molecule has 7 heteroatoms. The molecular formula is C16H15ClN6. The predicted molar refractivity (Wildman–Crippen MR) is 87.0 cm³/mol. The summed E-state index contributed by atoms with van der Waals surface area (Å²) in [7, 11) is 0. The van der Waals surface area contributed by atoms with Gasteiger partial charge in [-0.3, -0.25) is 0 Å². The van der Waals surface area contributed by atoms with Gasteiger partial charge >= 0.3 is 0 Å². The molecule has 2 heterocycles. The summed E-state index contributed by atoms with van der Waals surface area (Å²) in [6.45, 7) is 4.73. The standard InChI is InChI=1S/C16H15ClN6/c1-3-14-19-15(16-13(8-18)20-22-21-16)10(2)23(14)9-11-4-6-12(17)7-5-11/h4-7H,3,9H2,1-2H3,(H,20,21,22). The zero-order chi connectivity index (χ0) is 16.4. The van der Waals surface area contributed by atoms with Crippen molar-refractivity contribution in [2.24, 2.45) is 0 Å². The zero-order valence-corrected chi connectivity index (χ0v) is 13.6. The minimum Gasteiger partial charge on any atom is -0.327 e. The van der Waals surface area contributed by atoms with Crippen molar-refractivity contribution in [2.45, 2.75) is 26.8 Å². The molecule has 23 heavy (non-hydrogen) atoms. The van der Waals surface area contributed by atoms with Gasteiger partial charge in [0.15, 0.2) is 11.4 Å². The van der Waals surface area contributed by atoms with Crippen LogP contribution in [-0.2, 0) is 13.0 Å². The number of nitriles is 1. The third-order valence-corrected chi connectivity index (χ3v) is 4.00. The molecule has 1 N–H and O–H groups in total. The molecule has 6 nitrogen and oxygen atoms in total. The minimum atomic E-state index is 0.256. The number of rotatable bonds is 4. The lowest BCUT2D eigenvalue weighted by atomic mass is 10.2. The van der Waals surface area contributed by atoms with E-state index in [9.17, 15) is 0 Å². The van der Waals surface area contributed by atoms with Crippen LogP contribution in [0, 0.1) is 18.3 Å². The van der Waals surface area contributed by atoms with Crippen molar-refractivity contribution in [3.05, 3.63) is 52.1 Å². The minimum absolute atomic E-state index is 0.256. The van der Waals surface area contributed by atoms with Gasteiger partial charge in [0, 0.05) is 23.7 Å². The van der Waals surface area contributed by atoms with Crippen LogP contribution in [-0.4, -0.2) is 25.0 Å². The van der Waals surface area contributed by atoms with Crippen molar-refractivity contribution in [3.8, 4) is 17.5 Å². The summed E-state index contributed by atoms with van der Waals surface area (Å²) >= 11 is 5.94. The van der Waals surface area contributed by atoms with E-state index in [2.05, 4.69) is 31.9 Å². The highest BCUT2D eigenvalue weighted by Gasteiger charge is 2.20. The first-order chi connectivity index (χ1) is 11.1. The fourth-order valence-corrected chi connectivity index (χ4v) is 2.67. The molecule has 0 radical (unpaired) electrons. The molecule has 0 aliphatic heterocycles. The zero-order valence-electron chi connectivity index (χ0n) is 12.8. The third-order valence-electron chi connectivity index (χ3n) is 3.75. The molecular weight excluding hydrogens is 312 g/mol. The number of imidazole rings is 1. The Morgan fingerprint density at radius 3 is 2.61 bits per heavy atom. The number of aromatic amines is 1. The molecule has 0 saturated heterocycles. The quantitative estimate of drug-likeness (QED) is 0.798. The smallest absolute Gasteiger partial charge is 0.192 e. The second-order valence-corrected chi connectivity index (χ2v) is 5.60. The van der Waals surface area contributed by atoms with Crippen molar-refractivity contribution in [2.75, 3.05) is 0 Å². The van der Waals surface area contributed by atoms with Crippen molar-refractivity contribution in [1.29, 1.82) is 5.26 Å². The second-order valence-electron chi connectivity index (χ2n) is 5.16. The van der Waals surface area contributed by atoms with Crippen LogP contribution in [0.25, 0.3) is 11.4 Å². The monoisotopic (exact) mass is 326 g/mol. The molecule has 116 valence electrons. The van der Waals surface area contributed by atoms with Gasteiger partial charge in [0.05, 0.1) is 0 Å². The summed E-state index contributed by atoms with van der Waals surface area (Å²) in [4.78, 5) is 4.66. The number of halogens is 1. The van der Waals surface area contributed by atoms with Crippen LogP contribution < -0.4 is 0 Å². The molecule has 0 bridgehead atoms. The Kier molecular flexibility index (Phi) is 4.13. The van der Waals surface area contributed by atoms with Crippen LogP contribution in [0.4, 0.5) is 0 Å². The SMILES string of the molecule is CCc1nc(-c2n[nH]nc2C#N)c(C)n1Cc1ccc(Cl)cc1. The lowest BCUT2D eigenvalue weighted by Crippen LogP contribution is -2.06. The van der Waals surface area contributed by atoms with Crippen LogP contribution >= 0.6 is 11.6 Å². The topological polar surface area (TPSA) is 83.2 Å². The normalized spacial score (nSPS) is 10.7. The van der Waals surface area contributed by atoms with Crippen LogP contribution in [0.5, 0.6) is 0 Å². The molecule has 3 rings (SSSR count). The van der Waals surface area contributed by atoms with E-state index < -0.39 is 0 Å². The molecule has 0 fully saturated rings. The van der Waals surface area contributed by atoms with Gasteiger partial charge in [0.1, 0.15) is 17.6 Å². The summed E-state index contributed by atoms with van der Waals surface area (Å²) in [5, 5.41) is 20.3. The van der Waals surface area contributed by atoms with E-state index in [4.69, 9.17) is 16.9 Å². The molecule has 0 aliphatic carbocycles. The summed E-state index contributed by atoms with van der Waals surface area (Å²) in [5.74, 6) is 0.944. The van der Waals surface area contributed by atoms with Crippen LogP contribution in [0.3, 0.4) is 0 Å². The first kappa shape index (κ1) is 15.3. The van der Waals surface area contributed by atoms with Crippen LogP contribution in [0.15, 0.2) is 24.3 Å². The van der Waals surface area contributed by atoms with Gasteiger partial charge in [0.25, 0.3) is 0 Å². The molecule has 0 unspecified atom stereocenters. The summed E-state index contributed by atoms with van der Waals surface area (Å²) < 4.78 is 2.13. The Morgan fingerprint density at radius 1 is 1.22 bits per heavy atom. The molecule has 0 atom stereocenters. The Morgan fingerprint density at radius 2 is 1.96 bits per heavy atom. The van der Waals surface area contributed by atoms with E-state index in [1.54, 1.807) is 0 Å². The number of hydrogen-bond acceptors (Lipinski definition) is 4. The van der Waals surface area contributed by atoms with Crippen molar-refractivity contribution in [1.82, 2.24) is 25.0 Å². The largest absolute Gasteiger partial charge is 0.327 e. The van der Waals surface area contributed by atoms with Gasteiger partial charge in [-0.1, -0.05) is 30.7 Å². The van der Waals surface area contributed by atoms with Gasteiger partial charge in [-0.25, -0.2) is 4.98 Å². The van der Waals surface area contributed by atoms with Crippen molar-refractivity contribution in [3.63, 3.8) is 0 Å². The number of nitrogens with zero attached hydrogens (tertiary/aromatic N) is 5. The number of nitrogens with one attached hydrogen (secondary N) is 1. The van der Waals surface area contributed by atoms with Crippen molar-refractivity contribution >= 4 is 11.6 Å². The fourth-order valence-electron chi connectivity index (χ4n) is 2.54. The first-order valence-corrected chi connectivity index (χ1v) is 7.63. The Bertz CT molecular complexity index is 869. The molecule has 1 aromatic carbocycles. The van der Waals surface area contributed by atoms with E-state index >= 15 is 0 Å². The Labute approximate surface area is 138 Å². The maximum absolute atomic E-state index is 9.13. The van der Waals surface area contributed by atoms with Crippen LogP contribution in [0.2, 0.25) is 5.02 Å². The average Bonchev–Trinajstić information content (AvgIpc) is 3.14. The van der Waals surface area contributed by atoms with E-state index in [1.807, 2.05) is 37.3 Å². The highest BCUT2D eigenvalue weighted by molar-refractivity contribution is 6.30. The molecule has 3 aromatic rings. The first-order valence-electron chi connectivity index (χ1n) is 7.25. The van der Waals surface area contributed by atoms with Gasteiger partial charge in [0.2, 0.25) is 0 Å². The van der Waals surface area contributed by atoms with Gasteiger partial charge < -0.3 is 4.57 Å². The third kappa shape index (κ3) is 2.83. The molecule has 0 aliphatic rings. The molecule has 0 saturated carbocycles. The molecule has 0 spiro atoms. The van der Waals surface area contributed by atoms with Crippen molar-refractivity contribution < 1.29 is 0 Å². The van der Waals surface area contributed by atoms with E-state index in [1.165, 1.54) is 0 Å². The maximum Gasteiger partial charge on any atom is 0.192 e. The van der Waals surface area contributed by atoms with E-state index in [0.717, 1.165) is 23.5 Å². The summed E-state index contributed by atoms with van der Waals surface area (Å²) in [5.41, 5.74) is 3.54. The molecule has 0 amide bonds. The van der Waals surface area contributed by atoms with Gasteiger partial charge in [-0.2, -0.15) is 15.6 Å². The molecule has 2 aromatic heterocycles. The number of H-pyrrole nitrogens is 1. The fraction of sp³-hybridized carbons (Fsp3) is 0.250. The lowest BCUT2D eigenvalue weighted by Gasteiger charge is -2.09. The summed E-state index contributed by atoms with van der Waals surface area (Å²) in [6, 6.07) is 9.78. The number of aromatic nitrogens is 5. The average molecular weight is 327 g/mol. The predicted octanol–water partition coefficient (Wildman–Crippen LogP) is 3.11. The van der Waals surface area contributed by atoms with E-state index in [-0.39, 0.29) is 5.69 Å². The Balaban J connectivity index is 2.04. The maximum atomic E-state index is 9.13. The second kappa shape index (κ2) is 6.23. The summed E-state index contributed by atoms with van der Waals surface area (Å²) in [6.07, 6.45) is 0.786. The number of aryl methyl sites for hydroxylation is 1. The van der Waals surface area contributed by atoms with E-state index in [0.29, 0.717) is 23.0 Å². The number of hydrogen-bond donors (Lipinski definition) is 1. The highest BCUT2D eigenvalue weighted by atomic mass is 35.5. The van der Waals surface area contributed by atoms with Gasteiger partial charge in [-0.15, -0.1) is 5.10 Å². The van der Waals surface area contributed by atoms with Gasteiger partial charge in [-0.05, 0) is 24.6 Å². The lowest BCUT2D eigenvalue weighted by molar-refractivity contribution is 0.712. The highest BCUT2D eigenvalue weighted by Crippen LogP contribution is 2.25. The van der Waals surface area contributed by atoms with Crippen LogP contribution in [0.1, 0.15) is 29.7 Å². The Hall–Kier alpha value is -2.65. The number of benzene rings is 1.